The summed E-state index contributed by atoms with van der Waals surface area (Å²) in [6.45, 7) is 0. The second-order valence-electron chi connectivity index (χ2n) is 0.149. The van der Waals surface area contributed by atoms with Crippen molar-refractivity contribution < 1.29 is 83.5 Å². The maximum Gasteiger partial charge on any atom is 1.00 e. The summed E-state index contributed by atoms with van der Waals surface area (Å²) in [4.78, 5) is 16.7. The van der Waals surface area contributed by atoms with Gasteiger partial charge in [-0.25, -0.2) is 0 Å². The van der Waals surface area contributed by atoms with Gasteiger partial charge in [-0.15, -0.1) is 0 Å². The van der Waals surface area contributed by atoms with Gasteiger partial charge in [-0.1, -0.05) is 0 Å². The third-order valence-corrected chi connectivity index (χ3v) is 0. The molecule has 9 heteroatoms. The predicted octanol–water partition coefficient (Wildman–Crippen LogP) is -7.71. The summed E-state index contributed by atoms with van der Waals surface area (Å²) in [5.74, 6) is 0. The van der Waals surface area contributed by atoms with Crippen molar-refractivity contribution in [1.29, 1.82) is 0 Å². The van der Waals surface area contributed by atoms with Gasteiger partial charge in [0.2, 0.25) is 0 Å². The standard InChI is InChI=1S/2Na.2HO2P.H2O/c;;2*1-3-2;/h;;2*(H,1,2);1H2/q2*+1;;;/p-2. The number of rotatable bonds is 0. The molecule has 0 aliphatic carbocycles. The van der Waals surface area contributed by atoms with Gasteiger partial charge in [0, 0.05) is 0 Å². The Balaban J connectivity index is -0.00000000889. The fourth-order valence-electron chi connectivity index (χ4n) is 0. The summed E-state index contributed by atoms with van der Waals surface area (Å²) in [5.41, 5.74) is 0. The van der Waals surface area contributed by atoms with Crippen molar-refractivity contribution in [3.05, 3.63) is 0 Å². The molecule has 0 radical (unpaired) electrons. The van der Waals surface area contributed by atoms with Gasteiger partial charge < -0.3 is 15.3 Å². The van der Waals surface area contributed by atoms with Crippen LogP contribution >= 0.6 is 17.4 Å². The average molecular weight is 190 g/mol. The molecule has 44 valence electrons. The zero-order valence-corrected chi connectivity index (χ0v) is 10.8. The Morgan fingerprint density at radius 3 is 0.889 bits per heavy atom. The molecule has 5 nitrogen and oxygen atoms in total. The summed E-state index contributed by atoms with van der Waals surface area (Å²) in [6.07, 6.45) is 0. The molecule has 0 aromatic rings. The summed E-state index contributed by atoms with van der Waals surface area (Å²) in [7, 11) is -2.17. The maximum atomic E-state index is 8.35. The summed E-state index contributed by atoms with van der Waals surface area (Å²) in [5, 5.41) is 0. The van der Waals surface area contributed by atoms with E-state index in [1.54, 1.807) is 0 Å². The van der Waals surface area contributed by atoms with Crippen LogP contribution in [-0.2, 0) is 9.13 Å². The molecule has 0 amide bonds. The first kappa shape index (κ1) is 30.5. The maximum absolute atomic E-state index is 8.35. The van der Waals surface area contributed by atoms with Crippen molar-refractivity contribution in [1.82, 2.24) is 0 Å². The van der Waals surface area contributed by atoms with Crippen LogP contribution in [0.25, 0.3) is 0 Å². The smallest absolute Gasteiger partial charge is 0.772 e. The first-order valence-electron chi connectivity index (χ1n) is 0.730. The van der Waals surface area contributed by atoms with Gasteiger partial charge in [0.1, 0.15) is 0 Å². The van der Waals surface area contributed by atoms with E-state index in [0.29, 0.717) is 0 Å². The Bertz CT molecular complexity index is 33.9. The van der Waals surface area contributed by atoms with E-state index >= 15 is 0 Å². The van der Waals surface area contributed by atoms with Crippen molar-refractivity contribution in [3.8, 4) is 0 Å². The molecule has 0 unspecified atom stereocenters. The average Bonchev–Trinajstić information content (AvgIpc) is 1.39. The van der Waals surface area contributed by atoms with Gasteiger partial charge in [0.15, 0.2) is 0 Å². The zero-order chi connectivity index (χ0) is 5.41. The van der Waals surface area contributed by atoms with Gasteiger partial charge in [-0.3, -0.25) is 9.13 Å². The van der Waals surface area contributed by atoms with E-state index in [-0.39, 0.29) is 64.6 Å². The molecule has 9 heavy (non-hydrogen) atoms. The summed E-state index contributed by atoms with van der Waals surface area (Å²) >= 11 is 0. The molecule has 0 heterocycles. The minimum atomic E-state index is -1.08. The SMILES string of the molecule is O.O=P[O-].O=P[O-].[Na+].[Na+]. The fourth-order valence-corrected chi connectivity index (χ4v) is 0. The summed E-state index contributed by atoms with van der Waals surface area (Å²) < 4.78 is 16.7. The molecular weight excluding hydrogens is 188 g/mol. The quantitative estimate of drug-likeness (QED) is 0.279. The Morgan fingerprint density at radius 2 is 0.889 bits per heavy atom. The Hall–Kier alpha value is 2.08. The molecule has 0 bridgehead atoms. The van der Waals surface area contributed by atoms with Crippen LogP contribution in [0.2, 0.25) is 0 Å². The fraction of sp³-hybridized carbons (Fsp3) is 0. The van der Waals surface area contributed by atoms with Gasteiger partial charge in [-0.2, -0.15) is 0 Å². The minimum absolute atomic E-state index is 0. The molecule has 0 saturated carbocycles. The van der Waals surface area contributed by atoms with Gasteiger partial charge >= 0.3 is 59.1 Å². The molecule has 0 saturated heterocycles. The monoisotopic (exact) mass is 190 g/mol. The molecule has 0 fully saturated rings. The zero-order valence-electron chi connectivity index (χ0n) is 5.03. The first-order valence-corrected chi connectivity index (χ1v) is 2.19. The predicted molar refractivity (Wildman–Crippen MR) is 18.8 cm³/mol. The normalized spacial score (nSPS) is 4.67. The Morgan fingerprint density at radius 1 is 0.889 bits per heavy atom. The second kappa shape index (κ2) is 49.9. The van der Waals surface area contributed by atoms with Crippen LogP contribution in [0.4, 0.5) is 0 Å². The molecule has 0 aliphatic rings. The van der Waals surface area contributed by atoms with Crippen molar-refractivity contribution in [2.24, 2.45) is 0 Å². The Kier molecular flexibility index (Phi) is 169. The third-order valence-electron chi connectivity index (χ3n) is 0. The van der Waals surface area contributed by atoms with Crippen molar-refractivity contribution in [3.63, 3.8) is 0 Å². The van der Waals surface area contributed by atoms with E-state index in [0.717, 1.165) is 0 Å². The second-order valence-corrected chi connectivity index (χ2v) is 0.447. The van der Waals surface area contributed by atoms with Crippen LogP contribution in [0.1, 0.15) is 0 Å². The molecule has 2 N–H and O–H groups in total. The summed E-state index contributed by atoms with van der Waals surface area (Å²) in [6, 6.07) is 0. The van der Waals surface area contributed by atoms with E-state index in [2.05, 4.69) is 0 Å². The van der Waals surface area contributed by atoms with E-state index in [1.165, 1.54) is 0 Å². The molecule has 0 aromatic carbocycles. The number of hydrogen-bond donors (Lipinski definition) is 0. The molecule has 0 aromatic heterocycles. The first-order chi connectivity index (χ1) is 2.83. The minimum Gasteiger partial charge on any atom is -0.772 e. The molecular formula is H2Na2O5P2. The topological polar surface area (TPSA) is 112 Å². The van der Waals surface area contributed by atoms with Gasteiger partial charge in [-0.05, 0) is 0 Å². The van der Waals surface area contributed by atoms with Gasteiger partial charge in [0.25, 0.3) is 0 Å². The Labute approximate surface area is 99.7 Å². The van der Waals surface area contributed by atoms with E-state index < -0.39 is 17.4 Å². The molecule has 0 rings (SSSR count). The van der Waals surface area contributed by atoms with Crippen LogP contribution in [0.5, 0.6) is 0 Å². The van der Waals surface area contributed by atoms with Crippen molar-refractivity contribution >= 4 is 17.4 Å². The van der Waals surface area contributed by atoms with Crippen LogP contribution in [0.15, 0.2) is 0 Å². The van der Waals surface area contributed by atoms with Crippen LogP contribution in [0.3, 0.4) is 0 Å². The van der Waals surface area contributed by atoms with Crippen molar-refractivity contribution in [2.45, 2.75) is 0 Å². The molecule has 0 atom stereocenters. The van der Waals surface area contributed by atoms with Crippen molar-refractivity contribution in [2.75, 3.05) is 0 Å². The van der Waals surface area contributed by atoms with E-state index in [4.69, 9.17) is 18.9 Å². The largest absolute Gasteiger partial charge is 1.00 e. The van der Waals surface area contributed by atoms with Crippen LogP contribution in [0, 0.1) is 0 Å². The van der Waals surface area contributed by atoms with E-state index in [9.17, 15) is 0 Å². The van der Waals surface area contributed by atoms with Gasteiger partial charge in [0.05, 0.1) is 17.4 Å². The van der Waals surface area contributed by atoms with Crippen LogP contribution < -0.4 is 68.9 Å². The molecule has 0 aliphatic heterocycles. The van der Waals surface area contributed by atoms with E-state index in [1.807, 2.05) is 0 Å². The third kappa shape index (κ3) is 152. The van der Waals surface area contributed by atoms with Crippen LogP contribution in [-0.4, -0.2) is 5.48 Å². The molecule has 0 spiro atoms. The number of hydrogen-bond acceptors (Lipinski definition) is 4.